The van der Waals surface area contributed by atoms with Crippen molar-refractivity contribution in [2.24, 2.45) is 0 Å². The molecule has 0 unspecified atom stereocenters. The molecule has 0 aliphatic carbocycles. The smallest absolute Gasteiger partial charge is 0.174 e. The van der Waals surface area contributed by atoms with Gasteiger partial charge < -0.3 is 20.3 Å². The van der Waals surface area contributed by atoms with Crippen LogP contribution in [-0.4, -0.2) is 34.2 Å². The molecule has 1 aliphatic heterocycles. The first-order valence-corrected chi connectivity index (χ1v) is 11.5. The van der Waals surface area contributed by atoms with Crippen molar-refractivity contribution in [1.29, 1.82) is 0 Å². The molecule has 1 saturated heterocycles. The predicted octanol–water partition coefficient (Wildman–Crippen LogP) is 6.17. The number of halogens is 1. The normalized spacial score (nSPS) is 17.8. The summed E-state index contributed by atoms with van der Waals surface area (Å²) in [7, 11) is 1.64. The number of ether oxygens (including phenoxy) is 1. The Balaban J connectivity index is 1.93. The van der Waals surface area contributed by atoms with Gasteiger partial charge in [-0.25, -0.2) is 0 Å². The molecule has 3 rings (SSSR count). The molecule has 0 saturated carbocycles. The van der Waals surface area contributed by atoms with Crippen LogP contribution in [0.1, 0.15) is 51.7 Å². The van der Waals surface area contributed by atoms with E-state index in [1.807, 2.05) is 12.1 Å². The van der Waals surface area contributed by atoms with Crippen LogP contribution in [0.2, 0.25) is 5.02 Å². The Bertz CT molecular complexity index is 928. The highest BCUT2D eigenvalue weighted by Crippen LogP contribution is 2.34. The van der Waals surface area contributed by atoms with E-state index < -0.39 is 0 Å². The van der Waals surface area contributed by atoms with Gasteiger partial charge in [0.25, 0.3) is 0 Å². The summed E-state index contributed by atoms with van der Waals surface area (Å²) in [5, 5.41) is 8.54. The second kappa shape index (κ2) is 9.35. The van der Waals surface area contributed by atoms with Crippen molar-refractivity contribution in [3.63, 3.8) is 0 Å². The monoisotopic (exact) mass is 459 g/mol. The number of piperidine rings is 1. The first kappa shape index (κ1) is 23.8. The largest absolute Gasteiger partial charge is 0.495 e. The van der Waals surface area contributed by atoms with Crippen LogP contribution in [0.4, 0.5) is 5.69 Å². The number of nitrogens with one attached hydrogen (secondary N) is 2. The fourth-order valence-electron chi connectivity index (χ4n) is 4.78. The van der Waals surface area contributed by atoms with Crippen molar-refractivity contribution < 1.29 is 4.74 Å². The van der Waals surface area contributed by atoms with Crippen LogP contribution in [0.5, 0.6) is 5.75 Å². The van der Waals surface area contributed by atoms with Gasteiger partial charge in [0.05, 0.1) is 12.8 Å². The fraction of sp³-hybridized carbons (Fsp3) is 0.480. The lowest BCUT2D eigenvalue weighted by atomic mass is 9.79. The lowest BCUT2D eigenvalue weighted by Gasteiger charge is -2.50. The summed E-state index contributed by atoms with van der Waals surface area (Å²) in [6.45, 7) is 12.0. The van der Waals surface area contributed by atoms with Gasteiger partial charge in [-0.05, 0) is 82.9 Å². The molecule has 4 nitrogen and oxygen atoms in total. The Morgan fingerprint density at radius 1 is 1.16 bits per heavy atom. The first-order chi connectivity index (χ1) is 14.5. The summed E-state index contributed by atoms with van der Waals surface area (Å²) in [6.07, 6.45) is 2.00. The number of hydrogen-bond donors (Lipinski definition) is 2. The van der Waals surface area contributed by atoms with Gasteiger partial charge in [-0.1, -0.05) is 35.9 Å². The number of aryl methyl sites for hydroxylation is 1. The summed E-state index contributed by atoms with van der Waals surface area (Å²) < 4.78 is 5.52. The van der Waals surface area contributed by atoms with Crippen LogP contribution in [0.3, 0.4) is 0 Å². The molecule has 2 aromatic carbocycles. The number of anilines is 1. The van der Waals surface area contributed by atoms with Gasteiger partial charge in [-0.15, -0.1) is 0 Å². The average Bonchev–Trinajstić information content (AvgIpc) is 2.66. The summed E-state index contributed by atoms with van der Waals surface area (Å²) in [5.74, 6) is 0.677. The molecule has 2 N–H and O–H groups in total. The quantitative estimate of drug-likeness (QED) is 0.523. The van der Waals surface area contributed by atoms with Gasteiger partial charge in [0, 0.05) is 34.8 Å². The van der Waals surface area contributed by atoms with Crippen molar-refractivity contribution in [2.75, 3.05) is 12.4 Å². The summed E-state index contributed by atoms with van der Waals surface area (Å²) >= 11 is 12.1. The van der Waals surface area contributed by atoms with Gasteiger partial charge in [0.15, 0.2) is 5.11 Å². The predicted molar refractivity (Wildman–Crippen MR) is 135 cm³/mol. The molecule has 0 atom stereocenters. The Hall–Kier alpha value is -1.82. The second-order valence-electron chi connectivity index (χ2n) is 9.78. The van der Waals surface area contributed by atoms with Crippen molar-refractivity contribution in [2.45, 2.75) is 71.1 Å². The average molecular weight is 460 g/mol. The van der Waals surface area contributed by atoms with Crippen molar-refractivity contribution in [3.8, 4) is 5.75 Å². The van der Waals surface area contributed by atoms with Crippen LogP contribution in [0, 0.1) is 6.92 Å². The Labute approximate surface area is 197 Å². The van der Waals surface area contributed by atoms with Gasteiger partial charge in [0.1, 0.15) is 5.75 Å². The maximum atomic E-state index is 6.15. The SMILES string of the molecule is COc1cc(Cl)ccc1NC(=S)N(Cc1ccccc1C)C1CC(C)(C)NC(C)(C)C1. The summed E-state index contributed by atoms with van der Waals surface area (Å²) in [5.41, 5.74) is 3.41. The minimum Gasteiger partial charge on any atom is -0.495 e. The van der Waals surface area contributed by atoms with Crippen molar-refractivity contribution >= 4 is 34.6 Å². The molecule has 0 radical (unpaired) electrons. The van der Waals surface area contributed by atoms with Crippen molar-refractivity contribution in [3.05, 3.63) is 58.6 Å². The van der Waals surface area contributed by atoms with E-state index in [9.17, 15) is 0 Å². The van der Waals surface area contributed by atoms with Crippen LogP contribution in [0.25, 0.3) is 0 Å². The van der Waals surface area contributed by atoms with E-state index in [2.05, 4.69) is 74.4 Å². The van der Waals surface area contributed by atoms with E-state index in [4.69, 9.17) is 28.6 Å². The zero-order chi connectivity index (χ0) is 22.8. The van der Waals surface area contributed by atoms with E-state index in [1.54, 1.807) is 13.2 Å². The zero-order valence-corrected chi connectivity index (χ0v) is 21.0. The third kappa shape index (κ3) is 6.12. The molecule has 1 fully saturated rings. The topological polar surface area (TPSA) is 36.5 Å². The third-order valence-corrected chi connectivity index (χ3v) is 6.45. The molecule has 31 heavy (non-hydrogen) atoms. The molecule has 1 aliphatic rings. The van der Waals surface area contributed by atoms with E-state index >= 15 is 0 Å². The molecule has 1 heterocycles. The van der Waals surface area contributed by atoms with E-state index in [0.29, 0.717) is 21.9 Å². The number of thiocarbonyl (C=S) groups is 1. The summed E-state index contributed by atoms with van der Waals surface area (Å²) in [6, 6.07) is 14.4. The molecular weight excluding hydrogens is 426 g/mol. The Kier molecular flexibility index (Phi) is 7.19. The third-order valence-electron chi connectivity index (χ3n) is 5.88. The highest BCUT2D eigenvalue weighted by molar-refractivity contribution is 7.80. The molecule has 6 heteroatoms. The number of rotatable bonds is 5. The van der Waals surface area contributed by atoms with Crippen LogP contribution in [0.15, 0.2) is 42.5 Å². The second-order valence-corrected chi connectivity index (χ2v) is 10.6. The number of nitrogens with zero attached hydrogens (tertiary/aromatic N) is 1. The molecule has 0 bridgehead atoms. The zero-order valence-electron chi connectivity index (χ0n) is 19.4. The van der Waals surface area contributed by atoms with Crippen LogP contribution >= 0.6 is 23.8 Å². The van der Waals surface area contributed by atoms with Crippen LogP contribution < -0.4 is 15.4 Å². The van der Waals surface area contributed by atoms with Crippen LogP contribution in [-0.2, 0) is 6.54 Å². The Morgan fingerprint density at radius 3 is 2.42 bits per heavy atom. The molecule has 0 aromatic heterocycles. The maximum absolute atomic E-state index is 6.15. The molecule has 0 spiro atoms. The number of benzene rings is 2. The van der Waals surface area contributed by atoms with Gasteiger partial charge in [-0.2, -0.15) is 0 Å². The molecule has 2 aromatic rings. The number of hydrogen-bond acceptors (Lipinski definition) is 3. The highest BCUT2D eigenvalue weighted by atomic mass is 35.5. The number of methoxy groups -OCH3 is 1. The first-order valence-electron chi connectivity index (χ1n) is 10.7. The van der Waals surface area contributed by atoms with Gasteiger partial charge in [-0.3, -0.25) is 0 Å². The standard InChI is InChI=1S/C25H34ClN3OS/c1-17-9-7-8-10-18(17)16-29(20-14-24(2,3)28-25(4,5)15-20)23(31)27-21-12-11-19(26)13-22(21)30-6/h7-13,20,28H,14-16H2,1-6H3,(H,27,31). The lowest BCUT2D eigenvalue weighted by Crippen LogP contribution is -2.63. The van der Waals surface area contributed by atoms with Crippen molar-refractivity contribution in [1.82, 2.24) is 10.2 Å². The molecular formula is C25H34ClN3OS. The highest BCUT2D eigenvalue weighted by Gasteiger charge is 2.40. The van der Waals surface area contributed by atoms with E-state index in [0.717, 1.165) is 25.1 Å². The molecule has 168 valence electrons. The van der Waals surface area contributed by atoms with Gasteiger partial charge in [0.2, 0.25) is 0 Å². The minimum atomic E-state index is 0.0178. The lowest BCUT2D eigenvalue weighted by molar-refractivity contribution is 0.101. The van der Waals surface area contributed by atoms with E-state index in [1.165, 1.54) is 11.1 Å². The summed E-state index contributed by atoms with van der Waals surface area (Å²) in [4.78, 5) is 2.34. The Morgan fingerprint density at radius 2 is 1.81 bits per heavy atom. The molecule has 0 amide bonds. The van der Waals surface area contributed by atoms with Gasteiger partial charge >= 0.3 is 0 Å². The maximum Gasteiger partial charge on any atom is 0.174 e. The van der Waals surface area contributed by atoms with E-state index in [-0.39, 0.29) is 11.1 Å². The fourth-order valence-corrected chi connectivity index (χ4v) is 5.27. The minimum absolute atomic E-state index is 0.0178.